The van der Waals surface area contributed by atoms with Crippen molar-refractivity contribution >= 4 is 22.6 Å². The Morgan fingerprint density at radius 1 is 1.65 bits per heavy atom. The third-order valence-corrected chi connectivity index (χ3v) is 2.29. The van der Waals surface area contributed by atoms with E-state index in [4.69, 9.17) is 5.11 Å². The average Bonchev–Trinajstić information content (AvgIpc) is 2.73. The highest BCUT2D eigenvalue weighted by Crippen LogP contribution is 2.29. The molecule has 0 aromatic carbocycles. The van der Waals surface area contributed by atoms with Crippen LogP contribution < -0.4 is 5.32 Å². The summed E-state index contributed by atoms with van der Waals surface area (Å²) >= 11 is 0.437. The minimum atomic E-state index is -4.64. The minimum Gasteiger partial charge on any atom is -0.467 e. The molecule has 2 N–H and O–H groups in total. The average molecular weight is 271 g/mol. The molecule has 1 unspecified atom stereocenters. The SMILES string of the molecule is COC(=O)C(CO)Nc1nc(C(F)(F)F)ns1. The smallest absolute Gasteiger partial charge is 0.452 e. The van der Waals surface area contributed by atoms with Crippen LogP contribution in [0.1, 0.15) is 5.82 Å². The first-order valence-electron chi connectivity index (χ1n) is 4.24. The van der Waals surface area contributed by atoms with E-state index in [1.807, 2.05) is 0 Å². The number of methoxy groups -OCH3 is 1. The summed E-state index contributed by atoms with van der Waals surface area (Å²) in [5, 5.41) is 10.9. The molecule has 0 aliphatic rings. The first-order chi connectivity index (χ1) is 7.88. The van der Waals surface area contributed by atoms with E-state index in [-0.39, 0.29) is 5.13 Å². The van der Waals surface area contributed by atoms with Crippen LogP contribution in [0.15, 0.2) is 0 Å². The van der Waals surface area contributed by atoms with Crippen LogP contribution in [0.4, 0.5) is 18.3 Å². The lowest BCUT2D eigenvalue weighted by Gasteiger charge is -2.11. The first-order valence-corrected chi connectivity index (χ1v) is 5.02. The zero-order valence-corrected chi connectivity index (χ0v) is 9.30. The van der Waals surface area contributed by atoms with Gasteiger partial charge in [-0.1, -0.05) is 0 Å². The Labute approximate surface area is 97.6 Å². The molecule has 0 amide bonds. The van der Waals surface area contributed by atoms with E-state index in [0.717, 1.165) is 7.11 Å². The largest absolute Gasteiger partial charge is 0.467 e. The first kappa shape index (κ1) is 13.6. The Balaban J connectivity index is 2.75. The molecule has 0 fully saturated rings. The van der Waals surface area contributed by atoms with E-state index in [1.54, 1.807) is 0 Å². The van der Waals surface area contributed by atoms with Gasteiger partial charge in [0.25, 0.3) is 0 Å². The van der Waals surface area contributed by atoms with Crippen molar-refractivity contribution in [2.24, 2.45) is 0 Å². The second kappa shape index (κ2) is 5.27. The van der Waals surface area contributed by atoms with E-state index in [9.17, 15) is 18.0 Å². The number of rotatable bonds is 4. The predicted molar refractivity (Wildman–Crippen MR) is 51.4 cm³/mol. The number of halogens is 3. The van der Waals surface area contributed by atoms with Crippen LogP contribution in [0.3, 0.4) is 0 Å². The molecule has 0 aliphatic carbocycles. The van der Waals surface area contributed by atoms with Crippen molar-refractivity contribution < 1.29 is 27.8 Å². The zero-order valence-electron chi connectivity index (χ0n) is 8.48. The lowest BCUT2D eigenvalue weighted by molar-refractivity contribution is -0.144. The van der Waals surface area contributed by atoms with Crippen LogP contribution in [-0.2, 0) is 15.7 Å². The Morgan fingerprint density at radius 3 is 2.71 bits per heavy atom. The fourth-order valence-corrected chi connectivity index (χ4v) is 1.51. The Morgan fingerprint density at radius 2 is 2.29 bits per heavy atom. The highest BCUT2D eigenvalue weighted by molar-refractivity contribution is 7.09. The number of ether oxygens (including phenoxy) is 1. The molecule has 1 aromatic heterocycles. The van der Waals surface area contributed by atoms with Gasteiger partial charge >= 0.3 is 12.1 Å². The van der Waals surface area contributed by atoms with Crippen molar-refractivity contribution in [3.8, 4) is 0 Å². The third-order valence-electron chi connectivity index (χ3n) is 1.65. The molecule has 0 saturated heterocycles. The van der Waals surface area contributed by atoms with Gasteiger partial charge in [-0.15, -0.1) is 0 Å². The molecule has 1 atom stereocenters. The number of aromatic nitrogens is 2. The molecule has 0 bridgehead atoms. The van der Waals surface area contributed by atoms with E-state index in [2.05, 4.69) is 19.4 Å². The number of aliphatic hydroxyl groups excluding tert-OH is 1. The second-order valence-corrected chi connectivity index (χ2v) is 3.58. The third kappa shape index (κ3) is 3.53. The molecular formula is C7H8F3N3O3S. The number of esters is 1. The van der Waals surface area contributed by atoms with Gasteiger partial charge < -0.3 is 15.2 Å². The molecule has 0 aliphatic heterocycles. The summed E-state index contributed by atoms with van der Waals surface area (Å²) in [6.45, 7) is -0.631. The Hall–Kier alpha value is -1.42. The zero-order chi connectivity index (χ0) is 13.1. The number of hydrogen-bond acceptors (Lipinski definition) is 7. The summed E-state index contributed by atoms with van der Waals surface area (Å²) in [4.78, 5) is 14.2. The summed E-state index contributed by atoms with van der Waals surface area (Å²) in [6, 6.07) is -1.17. The van der Waals surface area contributed by atoms with Crippen LogP contribution in [0.5, 0.6) is 0 Å². The van der Waals surface area contributed by atoms with Crippen LogP contribution in [0.25, 0.3) is 0 Å². The number of alkyl halides is 3. The molecule has 17 heavy (non-hydrogen) atoms. The van der Waals surface area contributed by atoms with Gasteiger partial charge in [-0.2, -0.15) is 22.5 Å². The maximum absolute atomic E-state index is 12.2. The lowest BCUT2D eigenvalue weighted by atomic mass is 10.3. The van der Waals surface area contributed by atoms with Crippen LogP contribution >= 0.6 is 11.5 Å². The van der Waals surface area contributed by atoms with Gasteiger partial charge in [0.1, 0.15) is 6.04 Å². The summed E-state index contributed by atoms with van der Waals surface area (Å²) in [7, 11) is 1.09. The number of anilines is 1. The van der Waals surface area contributed by atoms with Crippen LogP contribution in [-0.4, -0.2) is 40.2 Å². The monoisotopic (exact) mass is 271 g/mol. The molecule has 10 heteroatoms. The van der Waals surface area contributed by atoms with Crippen molar-refractivity contribution in [3.05, 3.63) is 5.82 Å². The highest BCUT2D eigenvalue weighted by Gasteiger charge is 2.36. The van der Waals surface area contributed by atoms with Crippen LogP contribution in [0, 0.1) is 0 Å². The second-order valence-electron chi connectivity index (χ2n) is 2.82. The van der Waals surface area contributed by atoms with Gasteiger partial charge in [0.05, 0.1) is 13.7 Å². The van der Waals surface area contributed by atoms with Gasteiger partial charge in [-0.05, 0) is 0 Å². The van der Waals surface area contributed by atoms with E-state index >= 15 is 0 Å². The van der Waals surface area contributed by atoms with Gasteiger partial charge in [-0.3, -0.25) is 0 Å². The minimum absolute atomic E-state index is 0.221. The molecule has 1 heterocycles. The van der Waals surface area contributed by atoms with E-state index < -0.39 is 30.6 Å². The normalized spacial score (nSPS) is 13.2. The maximum atomic E-state index is 12.2. The summed E-state index contributed by atoms with van der Waals surface area (Å²) in [6.07, 6.45) is -4.64. The van der Waals surface area contributed by atoms with Crippen molar-refractivity contribution in [2.45, 2.75) is 12.2 Å². The topological polar surface area (TPSA) is 84.3 Å². The number of aliphatic hydroxyl groups is 1. The van der Waals surface area contributed by atoms with Gasteiger partial charge in [0, 0.05) is 11.5 Å². The molecule has 1 aromatic rings. The van der Waals surface area contributed by atoms with Crippen LogP contribution in [0.2, 0.25) is 0 Å². The van der Waals surface area contributed by atoms with Gasteiger partial charge in [0.15, 0.2) is 0 Å². The number of carbonyl (C=O) groups excluding carboxylic acids is 1. The summed E-state index contributed by atoms with van der Waals surface area (Å²) in [5.41, 5.74) is 0. The van der Waals surface area contributed by atoms with Crippen molar-refractivity contribution in [1.29, 1.82) is 0 Å². The number of nitrogens with zero attached hydrogens (tertiary/aromatic N) is 2. The number of carbonyl (C=O) groups is 1. The summed E-state index contributed by atoms with van der Waals surface area (Å²) in [5.74, 6) is -2.11. The predicted octanol–water partition coefficient (Wildman–Crippen LogP) is 0.503. The molecule has 0 spiro atoms. The number of nitrogens with one attached hydrogen (secondary N) is 1. The van der Waals surface area contributed by atoms with Gasteiger partial charge in [0.2, 0.25) is 11.0 Å². The van der Waals surface area contributed by atoms with Crippen molar-refractivity contribution in [3.63, 3.8) is 0 Å². The molecule has 96 valence electrons. The molecule has 0 radical (unpaired) electrons. The lowest BCUT2D eigenvalue weighted by Crippen LogP contribution is -2.34. The van der Waals surface area contributed by atoms with Crippen molar-refractivity contribution in [1.82, 2.24) is 9.36 Å². The van der Waals surface area contributed by atoms with Crippen molar-refractivity contribution in [2.75, 3.05) is 19.0 Å². The highest BCUT2D eigenvalue weighted by atomic mass is 32.1. The number of hydrogen-bond donors (Lipinski definition) is 2. The van der Waals surface area contributed by atoms with Gasteiger partial charge in [-0.25, -0.2) is 4.79 Å². The fourth-order valence-electron chi connectivity index (χ4n) is 0.868. The standard InChI is InChI=1S/C7H8F3N3O3S/c1-16-4(15)3(2-14)11-6-12-5(13-17-6)7(8,9)10/h3,14H,2H2,1H3,(H,11,12,13). The molecule has 0 saturated carbocycles. The molecule has 1 rings (SSSR count). The Bertz CT molecular complexity index is 395. The molecular weight excluding hydrogens is 263 g/mol. The summed E-state index contributed by atoms with van der Waals surface area (Å²) < 4.78 is 43.9. The Kier molecular flexibility index (Phi) is 4.23. The van der Waals surface area contributed by atoms with E-state index in [0.29, 0.717) is 11.5 Å². The molecule has 6 nitrogen and oxygen atoms in total. The maximum Gasteiger partial charge on any atom is 0.452 e. The quantitative estimate of drug-likeness (QED) is 0.776. The van der Waals surface area contributed by atoms with E-state index in [1.165, 1.54) is 0 Å². The fraction of sp³-hybridized carbons (Fsp3) is 0.571.